The van der Waals surface area contributed by atoms with Gasteiger partial charge in [0, 0.05) is 13.0 Å². The standard InChI is InChI=1S/C14H26N2O/c1-3-4-5-6-7-8-9-10-14-15-11-12-16(14)13(2)17/h8-9,13,17H,3-7,10-12H2,1-2H3/b9-8+. The van der Waals surface area contributed by atoms with Crippen LogP contribution in [0.25, 0.3) is 0 Å². The molecule has 1 N–H and O–H groups in total. The van der Waals surface area contributed by atoms with Gasteiger partial charge in [0.2, 0.25) is 0 Å². The highest BCUT2D eigenvalue weighted by atomic mass is 16.3. The van der Waals surface area contributed by atoms with Crippen LogP contribution >= 0.6 is 0 Å². The molecule has 1 aliphatic rings. The first-order chi connectivity index (χ1) is 8.25. The van der Waals surface area contributed by atoms with Crippen LogP contribution in [0.15, 0.2) is 17.1 Å². The second kappa shape index (κ2) is 8.29. The third-order valence-corrected chi connectivity index (χ3v) is 3.11. The van der Waals surface area contributed by atoms with Crippen LogP contribution in [-0.4, -0.2) is 35.2 Å². The van der Waals surface area contributed by atoms with Crippen molar-refractivity contribution in [1.82, 2.24) is 4.90 Å². The number of aliphatic hydroxyl groups excluding tert-OH is 1. The SMILES string of the molecule is CCCCCC/C=C/CC1=NCCN1C(C)O. The minimum atomic E-state index is -0.408. The predicted octanol–water partition coefficient (Wildman–Crippen LogP) is 2.96. The maximum Gasteiger partial charge on any atom is 0.125 e. The van der Waals surface area contributed by atoms with Gasteiger partial charge in [-0.25, -0.2) is 0 Å². The summed E-state index contributed by atoms with van der Waals surface area (Å²) in [4.78, 5) is 6.39. The molecule has 0 saturated carbocycles. The Morgan fingerprint density at radius 1 is 1.35 bits per heavy atom. The quantitative estimate of drug-likeness (QED) is 0.521. The maximum atomic E-state index is 9.54. The summed E-state index contributed by atoms with van der Waals surface area (Å²) in [5.41, 5.74) is 0. The Morgan fingerprint density at radius 2 is 2.18 bits per heavy atom. The monoisotopic (exact) mass is 238 g/mol. The van der Waals surface area contributed by atoms with Gasteiger partial charge in [0.25, 0.3) is 0 Å². The average Bonchev–Trinajstić information content (AvgIpc) is 2.76. The van der Waals surface area contributed by atoms with Gasteiger partial charge in [0.05, 0.1) is 6.54 Å². The van der Waals surface area contributed by atoms with Crippen molar-refractivity contribution >= 4 is 5.84 Å². The predicted molar refractivity (Wildman–Crippen MR) is 73.2 cm³/mol. The van der Waals surface area contributed by atoms with Gasteiger partial charge in [0.15, 0.2) is 0 Å². The van der Waals surface area contributed by atoms with E-state index in [9.17, 15) is 5.11 Å². The highest BCUT2D eigenvalue weighted by molar-refractivity contribution is 5.85. The van der Waals surface area contributed by atoms with Gasteiger partial charge in [0.1, 0.15) is 12.1 Å². The van der Waals surface area contributed by atoms with E-state index in [1.54, 1.807) is 6.92 Å². The molecule has 0 aromatic rings. The van der Waals surface area contributed by atoms with E-state index in [0.29, 0.717) is 0 Å². The van der Waals surface area contributed by atoms with Gasteiger partial charge >= 0.3 is 0 Å². The van der Waals surface area contributed by atoms with Crippen molar-refractivity contribution in [3.05, 3.63) is 12.2 Å². The molecule has 1 rings (SSSR count). The lowest BCUT2D eigenvalue weighted by molar-refractivity contribution is 0.0771. The number of hydrogen-bond acceptors (Lipinski definition) is 3. The zero-order valence-corrected chi connectivity index (χ0v) is 11.2. The van der Waals surface area contributed by atoms with E-state index in [-0.39, 0.29) is 0 Å². The smallest absolute Gasteiger partial charge is 0.125 e. The Bertz CT molecular complexity index is 259. The van der Waals surface area contributed by atoms with Crippen LogP contribution < -0.4 is 0 Å². The van der Waals surface area contributed by atoms with E-state index in [0.717, 1.165) is 25.3 Å². The summed E-state index contributed by atoms with van der Waals surface area (Å²) in [6, 6.07) is 0. The van der Waals surface area contributed by atoms with Crippen molar-refractivity contribution in [2.24, 2.45) is 4.99 Å². The first kappa shape index (κ1) is 14.2. The molecule has 0 fully saturated rings. The second-order valence-corrected chi connectivity index (χ2v) is 4.65. The molecule has 3 heteroatoms. The fourth-order valence-electron chi connectivity index (χ4n) is 2.09. The molecule has 0 amide bonds. The lowest BCUT2D eigenvalue weighted by Gasteiger charge is -2.22. The lowest BCUT2D eigenvalue weighted by Crippen LogP contribution is -2.35. The topological polar surface area (TPSA) is 35.8 Å². The highest BCUT2D eigenvalue weighted by Gasteiger charge is 2.18. The molecule has 0 bridgehead atoms. The molecule has 1 unspecified atom stereocenters. The molecule has 17 heavy (non-hydrogen) atoms. The summed E-state index contributed by atoms with van der Waals surface area (Å²) < 4.78 is 0. The lowest BCUT2D eigenvalue weighted by atomic mass is 10.1. The zero-order valence-electron chi connectivity index (χ0n) is 11.2. The summed E-state index contributed by atoms with van der Waals surface area (Å²) >= 11 is 0. The summed E-state index contributed by atoms with van der Waals surface area (Å²) in [7, 11) is 0. The van der Waals surface area contributed by atoms with E-state index in [1.807, 2.05) is 4.90 Å². The normalized spacial score (nSPS) is 17.8. The fraction of sp³-hybridized carbons (Fsp3) is 0.786. The van der Waals surface area contributed by atoms with Gasteiger partial charge in [-0.3, -0.25) is 4.99 Å². The second-order valence-electron chi connectivity index (χ2n) is 4.65. The van der Waals surface area contributed by atoms with Crippen LogP contribution in [0.5, 0.6) is 0 Å². The minimum Gasteiger partial charge on any atom is -0.374 e. The summed E-state index contributed by atoms with van der Waals surface area (Å²) in [6.45, 7) is 5.72. The summed E-state index contributed by atoms with van der Waals surface area (Å²) in [6.07, 6.45) is 11.3. The molecule has 0 aromatic heterocycles. The Balaban J connectivity index is 2.15. The van der Waals surface area contributed by atoms with Gasteiger partial charge in [-0.15, -0.1) is 0 Å². The van der Waals surface area contributed by atoms with Crippen LogP contribution in [0.4, 0.5) is 0 Å². The van der Waals surface area contributed by atoms with Crippen molar-refractivity contribution in [3.63, 3.8) is 0 Å². The van der Waals surface area contributed by atoms with Crippen molar-refractivity contribution < 1.29 is 5.11 Å². The molecule has 0 saturated heterocycles. The van der Waals surface area contributed by atoms with Crippen molar-refractivity contribution in [2.75, 3.05) is 13.1 Å². The average molecular weight is 238 g/mol. The van der Waals surface area contributed by atoms with Crippen LogP contribution in [-0.2, 0) is 0 Å². The Morgan fingerprint density at radius 3 is 2.88 bits per heavy atom. The van der Waals surface area contributed by atoms with Crippen LogP contribution in [0, 0.1) is 0 Å². The van der Waals surface area contributed by atoms with E-state index in [4.69, 9.17) is 0 Å². The maximum absolute atomic E-state index is 9.54. The van der Waals surface area contributed by atoms with Crippen molar-refractivity contribution in [1.29, 1.82) is 0 Å². The molecule has 0 spiro atoms. The number of nitrogens with zero attached hydrogens (tertiary/aromatic N) is 2. The molecule has 1 atom stereocenters. The van der Waals surface area contributed by atoms with E-state index < -0.39 is 6.23 Å². The Kier molecular flexibility index (Phi) is 6.94. The molecule has 0 radical (unpaired) electrons. The number of aliphatic hydroxyl groups is 1. The third kappa shape index (κ3) is 5.35. The van der Waals surface area contributed by atoms with Crippen LogP contribution in [0.1, 0.15) is 52.4 Å². The van der Waals surface area contributed by atoms with Gasteiger partial charge in [-0.2, -0.15) is 0 Å². The minimum absolute atomic E-state index is 0.408. The fourth-order valence-corrected chi connectivity index (χ4v) is 2.09. The molecule has 3 nitrogen and oxygen atoms in total. The number of aliphatic imine (C=N–C) groups is 1. The molecular weight excluding hydrogens is 212 g/mol. The van der Waals surface area contributed by atoms with Crippen LogP contribution in [0.3, 0.4) is 0 Å². The van der Waals surface area contributed by atoms with E-state index in [2.05, 4.69) is 24.1 Å². The Labute approximate surface area is 105 Å². The number of amidine groups is 1. The largest absolute Gasteiger partial charge is 0.374 e. The number of allylic oxidation sites excluding steroid dienone is 1. The first-order valence-corrected chi connectivity index (χ1v) is 6.88. The summed E-state index contributed by atoms with van der Waals surface area (Å²) in [5.74, 6) is 1.03. The van der Waals surface area contributed by atoms with Crippen molar-refractivity contribution in [2.45, 2.75) is 58.6 Å². The van der Waals surface area contributed by atoms with E-state index in [1.165, 1.54) is 32.1 Å². The molecular formula is C14H26N2O. The first-order valence-electron chi connectivity index (χ1n) is 6.88. The van der Waals surface area contributed by atoms with Crippen LogP contribution in [0.2, 0.25) is 0 Å². The number of hydrogen-bond donors (Lipinski definition) is 1. The molecule has 0 aromatic carbocycles. The number of unbranched alkanes of at least 4 members (excludes halogenated alkanes) is 4. The summed E-state index contributed by atoms with van der Waals surface area (Å²) in [5, 5.41) is 9.54. The molecule has 1 heterocycles. The third-order valence-electron chi connectivity index (χ3n) is 3.11. The van der Waals surface area contributed by atoms with Crippen molar-refractivity contribution in [3.8, 4) is 0 Å². The highest BCUT2D eigenvalue weighted by Crippen LogP contribution is 2.09. The molecule has 0 aliphatic carbocycles. The molecule has 98 valence electrons. The molecule has 1 aliphatic heterocycles. The Hall–Kier alpha value is -0.830. The number of rotatable bonds is 8. The van der Waals surface area contributed by atoms with Gasteiger partial charge in [-0.1, -0.05) is 38.3 Å². The zero-order chi connectivity index (χ0) is 12.5. The van der Waals surface area contributed by atoms with Gasteiger partial charge < -0.3 is 10.0 Å². The van der Waals surface area contributed by atoms with Gasteiger partial charge in [-0.05, 0) is 19.8 Å². The van der Waals surface area contributed by atoms with E-state index >= 15 is 0 Å².